The number of allylic oxidation sites excluding steroid dienone is 3. The molecule has 2 aliphatic rings. The molecule has 0 fully saturated rings. The smallest absolute Gasteiger partial charge is 0.127 e. The first kappa shape index (κ1) is 11.6. The molecule has 0 saturated carbocycles. The van der Waals surface area contributed by atoms with Crippen molar-refractivity contribution < 1.29 is 9.50 Å². The molecular weight excluding hydrogens is 245 g/mol. The average Bonchev–Trinajstić information content (AvgIpc) is 2.38. The van der Waals surface area contributed by atoms with Gasteiger partial charge in [0, 0.05) is 6.07 Å². The number of benzene rings is 1. The topological polar surface area (TPSA) is 71.0 Å². The van der Waals surface area contributed by atoms with E-state index in [0.29, 0.717) is 17.8 Å². The SMILES string of the molecule is NC1=NC=NC2=CC=C(c3cc(O)cc(F)c3)CC21. The van der Waals surface area contributed by atoms with Crippen LogP contribution in [0, 0.1) is 11.7 Å². The molecule has 0 aromatic heterocycles. The van der Waals surface area contributed by atoms with Crippen molar-refractivity contribution in [2.75, 3.05) is 0 Å². The number of hydrogen-bond donors (Lipinski definition) is 2. The fourth-order valence-corrected chi connectivity index (χ4v) is 2.31. The van der Waals surface area contributed by atoms with Crippen molar-refractivity contribution in [3.05, 3.63) is 47.4 Å². The number of halogens is 1. The number of nitrogens with zero attached hydrogens (tertiary/aromatic N) is 2. The number of rotatable bonds is 1. The maximum absolute atomic E-state index is 13.3. The molecule has 1 atom stereocenters. The highest BCUT2D eigenvalue weighted by molar-refractivity contribution is 5.95. The summed E-state index contributed by atoms with van der Waals surface area (Å²) in [4.78, 5) is 8.15. The Morgan fingerprint density at radius 3 is 2.89 bits per heavy atom. The Hall–Kier alpha value is -2.43. The van der Waals surface area contributed by atoms with Gasteiger partial charge in [-0.25, -0.2) is 14.4 Å². The van der Waals surface area contributed by atoms with E-state index in [9.17, 15) is 9.50 Å². The summed E-state index contributed by atoms with van der Waals surface area (Å²) in [6.45, 7) is 0. The number of phenols is 1. The van der Waals surface area contributed by atoms with E-state index in [2.05, 4.69) is 9.98 Å². The maximum atomic E-state index is 13.3. The highest BCUT2D eigenvalue weighted by Gasteiger charge is 2.25. The molecule has 19 heavy (non-hydrogen) atoms. The highest BCUT2D eigenvalue weighted by atomic mass is 19.1. The van der Waals surface area contributed by atoms with Gasteiger partial charge in [0.2, 0.25) is 0 Å². The molecule has 5 heteroatoms. The molecule has 0 spiro atoms. The van der Waals surface area contributed by atoms with E-state index >= 15 is 0 Å². The first-order valence-corrected chi connectivity index (χ1v) is 5.90. The van der Waals surface area contributed by atoms with Gasteiger partial charge in [0.25, 0.3) is 0 Å². The largest absolute Gasteiger partial charge is 0.508 e. The molecule has 1 aromatic carbocycles. The Morgan fingerprint density at radius 2 is 2.11 bits per heavy atom. The van der Waals surface area contributed by atoms with Gasteiger partial charge in [-0.1, -0.05) is 6.08 Å². The summed E-state index contributed by atoms with van der Waals surface area (Å²) in [5.74, 6) is -0.120. The third-order valence-electron chi connectivity index (χ3n) is 3.26. The Bertz CT molecular complexity index is 638. The molecule has 0 bridgehead atoms. The van der Waals surface area contributed by atoms with E-state index in [0.717, 1.165) is 17.3 Å². The molecule has 0 saturated heterocycles. The molecule has 1 aliphatic heterocycles. The van der Waals surface area contributed by atoms with E-state index < -0.39 is 5.82 Å². The molecule has 3 rings (SSSR count). The first-order valence-electron chi connectivity index (χ1n) is 5.90. The minimum Gasteiger partial charge on any atom is -0.508 e. The Labute approximate surface area is 109 Å². The molecule has 0 radical (unpaired) electrons. The summed E-state index contributed by atoms with van der Waals surface area (Å²) < 4.78 is 13.3. The Kier molecular flexibility index (Phi) is 2.67. The Morgan fingerprint density at radius 1 is 1.26 bits per heavy atom. The summed E-state index contributed by atoms with van der Waals surface area (Å²) in [6, 6.07) is 4.01. The maximum Gasteiger partial charge on any atom is 0.127 e. The van der Waals surface area contributed by atoms with Gasteiger partial charge in [-0.05, 0) is 35.8 Å². The number of nitrogens with two attached hydrogens (primary N) is 1. The van der Waals surface area contributed by atoms with Crippen LogP contribution < -0.4 is 5.73 Å². The van der Waals surface area contributed by atoms with Crippen LogP contribution >= 0.6 is 0 Å². The van der Waals surface area contributed by atoms with Gasteiger partial charge in [0.05, 0.1) is 11.6 Å². The van der Waals surface area contributed by atoms with Crippen molar-refractivity contribution in [2.45, 2.75) is 6.42 Å². The second kappa shape index (κ2) is 4.35. The second-order valence-corrected chi connectivity index (χ2v) is 4.54. The molecule has 4 nitrogen and oxygen atoms in total. The molecule has 0 amide bonds. The van der Waals surface area contributed by atoms with E-state index in [1.165, 1.54) is 18.5 Å². The van der Waals surface area contributed by atoms with Crippen LogP contribution in [0.4, 0.5) is 4.39 Å². The molecule has 1 aliphatic carbocycles. The summed E-state index contributed by atoms with van der Waals surface area (Å²) in [5, 5.41) is 9.45. The van der Waals surface area contributed by atoms with Crippen LogP contribution in [0.15, 0.2) is 46.0 Å². The fraction of sp³-hybridized carbons (Fsp3) is 0.143. The number of fused-ring (bicyclic) bond motifs is 1. The predicted octanol–water partition coefficient (Wildman–Crippen LogP) is 2.22. The normalized spacial score (nSPS) is 21.3. The van der Waals surface area contributed by atoms with Crippen molar-refractivity contribution >= 4 is 17.7 Å². The summed E-state index contributed by atoms with van der Waals surface area (Å²) in [5.41, 5.74) is 8.26. The van der Waals surface area contributed by atoms with Crippen LogP contribution in [0.5, 0.6) is 5.75 Å². The van der Waals surface area contributed by atoms with Crippen LogP contribution in [-0.2, 0) is 0 Å². The van der Waals surface area contributed by atoms with Crippen molar-refractivity contribution in [2.24, 2.45) is 21.6 Å². The fourth-order valence-electron chi connectivity index (χ4n) is 2.31. The predicted molar refractivity (Wildman–Crippen MR) is 72.3 cm³/mol. The summed E-state index contributed by atoms with van der Waals surface area (Å²) in [6.07, 6.45) is 5.76. The third-order valence-corrected chi connectivity index (χ3v) is 3.26. The van der Waals surface area contributed by atoms with E-state index in [4.69, 9.17) is 5.73 Å². The molecular formula is C14H12FN3O. The van der Waals surface area contributed by atoms with Crippen molar-refractivity contribution in [1.82, 2.24) is 0 Å². The molecule has 96 valence electrons. The zero-order valence-electron chi connectivity index (χ0n) is 10.0. The van der Waals surface area contributed by atoms with Crippen LogP contribution in [-0.4, -0.2) is 17.3 Å². The quantitative estimate of drug-likeness (QED) is 0.809. The lowest BCUT2D eigenvalue weighted by molar-refractivity contribution is 0.469. The Balaban J connectivity index is 1.99. The summed E-state index contributed by atoms with van der Waals surface area (Å²) in [7, 11) is 0. The lowest BCUT2D eigenvalue weighted by Crippen LogP contribution is -2.28. The minimum atomic E-state index is -0.464. The summed E-state index contributed by atoms with van der Waals surface area (Å²) >= 11 is 0. The van der Waals surface area contributed by atoms with Crippen LogP contribution in [0.25, 0.3) is 5.57 Å². The zero-order valence-corrected chi connectivity index (χ0v) is 10.0. The number of aromatic hydroxyl groups is 1. The first-order chi connectivity index (χ1) is 9.13. The van der Waals surface area contributed by atoms with Crippen LogP contribution in [0.2, 0.25) is 0 Å². The number of aliphatic imine (C=N–C) groups is 2. The van der Waals surface area contributed by atoms with Gasteiger partial charge in [-0.15, -0.1) is 0 Å². The second-order valence-electron chi connectivity index (χ2n) is 4.54. The lowest BCUT2D eigenvalue weighted by atomic mass is 9.86. The van der Waals surface area contributed by atoms with Crippen molar-refractivity contribution in [3.8, 4) is 5.75 Å². The van der Waals surface area contributed by atoms with Crippen molar-refractivity contribution in [3.63, 3.8) is 0 Å². The van der Waals surface area contributed by atoms with Gasteiger partial charge in [0.1, 0.15) is 23.7 Å². The van der Waals surface area contributed by atoms with Crippen LogP contribution in [0.3, 0.4) is 0 Å². The van der Waals surface area contributed by atoms with Gasteiger partial charge in [-0.3, -0.25) is 0 Å². The number of amidine groups is 1. The molecule has 3 N–H and O–H groups in total. The average molecular weight is 257 g/mol. The van der Waals surface area contributed by atoms with Gasteiger partial charge in [0.15, 0.2) is 0 Å². The molecule has 1 aromatic rings. The highest BCUT2D eigenvalue weighted by Crippen LogP contribution is 2.34. The standard InChI is InChI=1S/C14H12FN3O/c15-10-3-9(4-11(19)6-10)8-1-2-13-12(5-8)14(16)18-7-17-13/h1-4,6-7,12,19H,5H2,(H2,16,17,18). The van der Waals surface area contributed by atoms with Gasteiger partial charge >= 0.3 is 0 Å². The third kappa shape index (κ3) is 2.14. The lowest BCUT2D eigenvalue weighted by Gasteiger charge is -2.24. The van der Waals surface area contributed by atoms with E-state index in [1.54, 1.807) is 0 Å². The minimum absolute atomic E-state index is 0.0737. The van der Waals surface area contributed by atoms with Gasteiger partial charge in [-0.2, -0.15) is 0 Å². The van der Waals surface area contributed by atoms with Crippen molar-refractivity contribution in [1.29, 1.82) is 0 Å². The zero-order chi connectivity index (χ0) is 13.4. The van der Waals surface area contributed by atoms with Crippen LogP contribution in [0.1, 0.15) is 12.0 Å². The van der Waals surface area contributed by atoms with Gasteiger partial charge < -0.3 is 10.8 Å². The monoisotopic (exact) mass is 257 g/mol. The number of hydrogen-bond acceptors (Lipinski definition) is 4. The number of phenolic OH excluding ortho intramolecular Hbond substituents is 1. The molecule has 1 unspecified atom stereocenters. The van der Waals surface area contributed by atoms with E-state index in [-0.39, 0.29) is 11.7 Å². The van der Waals surface area contributed by atoms with E-state index in [1.807, 2.05) is 12.2 Å². The molecule has 1 heterocycles.